The van der Waals surface area contributed by atoms with Crippen molar-refractivity contribution in [2.45, 2.75) is 85.3 Å². The number of nitrogens with one attached hydrogen (secondary N) is 1. The fourth-order valence-corrected chi connectivity index (χ4v) is 3.68. The highest BCUT2D eigenvalue weighted by atomic mass is 16.6. The molecule has 0 aliphatic heterocycles. The molecule has 2 rings (SSSR count). The number of amides is 1. The van der Waals surface area contributed by atoms with E-state index < -0.39 is 47.1 Å². The van der Waals surface area contributed by atoms with Gasteiger partial charge < -0.3 is 19.3 Å². The maximum absolute atomic E-state index is 13.4. The molecule has 0 radical (unpaired) electrons. The fourth-order valence-electron chi connectivity index (χ4n) is 3.68. The summed E-state index contributed by atoms with van der Waals surface area (Å²) >= 11 is 0. The van der Waals surface area contributed by atoms with Crippen LogP contribution in [0.15, 0.2) is 60.7 Å². The van der Waals surface area contributed by atoms with Gasteiger partial charge in [0.15, 0.2) is 6.04 Å². The molecule has 0 spiro atoms. The van der Waals surface area contributed by atoms with Crippen molar-refractivity contribution in [2.24, 2.45) is 5.41 Å². The van der Waals surface area contributed by atoms with Gasteiger partial charge >= 0.3 is 24.0 Å². The lowest BCUT2D eigenvalue weighted by Crippen LogP contribution is -2.62. The Morgan fingerprint density at radius 3 is 1.77 bits per heavy atom. The van der Waals surface area contributed by atoms with Crippen LogP contribution in [0.3, 0.4) is 0 Å². The topological polar surface area (TPSA) is 131 Å². The molecule has 2 aromatic carbocycles. The van der Waals surface area contributed by atoms with Crippen LogP contribution in [0.4, 0.5) is 4.79 Å². The highest BCUT2D eigenvalue weighted by Gasteiger charge is 2.44. The Bertz CT molecular complexity index is 1120. The molecule has 0 heterocycles. The zero-order chi connectivity index (χ0) is 29.9. The first kappa shape index (κ1) is 32.3. The fraction of sp³-hybridized carbons (Fsp3) is 0.467. The second kappa shape index (κ2) is 14.5. The van der Waals surface area contributed by atoms with E-state index in [4.69, 9.17) is 14.2 Å². The SMILES string of the molecule is CC(C)(C)OC(=O)N(N[C@@H](CCC(=O)OCc1ccccc1)C(=O)O)[C@H](C(=O)OCc1ccccc1)C(C)(C)C. The Balaban J connectivity index is 2.22. The number of carboxylic acids is 1. The molecular formula is C30H40N2O8. The van der Waals surface area contributed by atoms with Crippen molar-refractivity contribution in [1.29, 1.82) is 0 Å². The molecule has 40 heavy (non-hydrogen) atoms. The molecule has 218 valence electrons. The largest absolute Gasteiger partial charge is 0.480 e. The minimum atomic E-state index is -1.41. The summed E-state index contributed by atoms with van der Waals surface area (Å²) in [6, 6.07) is 15.4. The summed E-state index contributed by atoms with van der Waals surface area (Å²) in [7, 11) is 0. The van der Waals surface area contributed by atoms with Gasteiger partial charge in [-0.05, 0) is 43.7 Å². The molecule has 0 aliphatic carbocycles. The van der Waals surface area contributed by atoms with E-state index in [1.54, 1.807) is 77.9 Å². The van der Waals surface area contributed by atoms with Crippen LogP contribution in [0.5, 0.6) is 0 Å². The lowest BCUT2D eigenvalue weighted by atomic mass is 9.86. The van der Waals surface area contributed by atoms with Crippen molar-refractivity contribution in [3.05, 3.63) is 71.8 Å². The van der Waals surface area contributed by atoms with Crippen LogP contribution in [0, 0.1) is 5.41 Å². The minimum Gasteiger partial charge on any atom is -0.480 e. The predicted molar refractivity (Wildman–Crippen MR) is 148 cm³/mol. The van der Waals surface area contributed by atoms with Gasteiger partial charge in [-0.25, -0.2) is 20.0 Å². The van der Waals surface area contributed by atoms with E-state index in [1.165, 1.54) is 0 Å². The Morgan fingerprint density at radius 1 is 0.825 bits per heavy atom. The summed E-state index contributed by atoms with van der Waals surface area (Å²) in [6.07, 6.45) is -1.41. The summed E-state index contributed by atoms with van der Waals surface area (Å²) in [6.45, 7) is 10.1. The summed E-state index contributed by atoms with van der Waals surface area (Å²) in [5.41, 5.74) is 2.35. The number of hydrogen-bond acceptors (Lipinski definition) is 8. The van der Waals surface area contributed by atoms with Gasteiger partial charge in [0.1, 0.15) is 24.9 Å². The second-order valence-electron chi connectivity index (χ2n) is 11.4. The Hall–Kier alpha value is -3.92. The van der Waals surface area contributed by atoms with Crippen molar-refractivity contribution < 1.29 is 38.5 Å². The number of hydrogen-bond donors (Lipinski definition) is 2. The molecule has 0 unspecified atom stereocenters. The van der Waals surface area contributed by atoms with Crippen LogP contribution >= 0.6 is 0 Å². The number of hydrazine groups is 1. The smallest absolute Gasteiger partial charge is 0.425 e. The van der Waals surface area contributed by atoms with Crippen LogP contribution in [0.1, 0.15) is 65.5 Å². The van der Waals surface area contributed by atoms with Crippen molar-refractivity contribution in [2.75, 3.05) is 0 Å². The Kier molecular flexibility index (Phi) is 11.7. The lowest BCUT2D eigenvalue weighted by Gasteiger charge is -2.39. The van der Waals surface area contributed by atoms with Gasteiger partial charge in [0.25, 0.3) is 0 Å². The first-order chi connectivity index (χ1) is 18.7. The molecule has 10 nitrogen and oxygen atoms in total. The number of ether oxygens (including phenoxy) is 3. The van der Waals surface area contributed by atoms with E-state index in [9.17, 15) is 24.3 Å². The van der Waals surface area contributed by atoms with Crippen LogP contribution in [-0.2, 0) is 41.8 Å². The van der Waals surface area contributed by atoms with Crippen molar-refractivity contribution in [3.63, 3.8) is 0 Å². The number of aliphatic carboxylic acids is 1. The van der Waals surface area contributed by atoms with Crippen molar-refractivity contribution in [3.8, 4) is 0 Å². The number of esters is 2. The first-order valence-electron chi connectivity index (χ1n) is 13.1. The van der Waals surface area contributed by atoms with Crippen molar-refractivity contribution >= 4 is 24.0 Å². The standard InChI is InChI=1S/C30H40N2O8/c1-29(2,3)25(27(36)39-20-22-15-11-8-12-16-22)32(28(37)40-30(4,5)6)31-23(26(34)35)17-18-24(33)38-19-21-13-9-7-10-14-21/h7-16,23,25,31H,17-20H2,1-6H3,(H,34,35)/t23-,25+/m0/s1. The second-order valence-corrected chi connectivity index (χ2v) is 11.4. The van der Waals surface area contributed by atoms with Crippen molar-refractivity contribution in [1.82, 2.24) is 10.4 Å². The third kappa shape index (κ3) is 11.1. The normalized spacial score (nSPS) is 13.1. The monoisotopic (exact) mass is 556 g/mol. The Morgan fingerprint density at radius 2 is 1.32 bits per heavy atom. The zero-order valence-electron chi connectivity index (χ0n) is 24.0. The molecule has 2 aromatic rings. The molecule has 0 bridgehead atoms. The lowest BCUT2D eigenvalue weighted by molar-refractivity contribution is -0.160. The predicted octanol–water partition coefficient (Wildman–Crippen LogP) is 4.86. The van der Waals surface area contributed by atoms with E-state index in [-0.39, 0.29) is 26.1 Å². The van der Waals surface area contributed by atoms with E-state index >= 15 is 0 Å². The molecule has 0 aliphatic rings. The third-order valence-corrected chi connectivity index (χ3v) is 5.59. The first-order valence-corrected chi connectivity index (χ1v) is 13.1. The number of carboxylic acid groups (broad SMARTS) is 1. The maximum Gasteiger partial charge on any atom is 0.425 e. The number of benzene rings is 2. The average Bonchev–Trinajstić information content (AvgIpc) is 2.87. The van der Waals surface area contributed by atoms with Gasteiger partial charge in [0.05, 0.1) is 0 Å². The molecular weight excluding hydrogens is 516 g/mol. The highest BCUT2D eigenvalue weighted by molar-refractivity contribution is 5.83. The summed E-state index contributed by atoms with van der Waals surface area (Å²) in [5.74, 6) is -2.67. The van der Waals surface area contributed by atoms with Gasteiger partial charge in [-0.15, -0.1) is 0 Å². The molecule has 0 saturated carbocycles. The molecule has 0 fully saturated rings. The summed E-state index contributed by atoms with van der Waals surface area (Å²) in [5, 5.41) is 10.8. The number of nitrogens with zero attached hydrogens (tertiary/aromatic N) is 1. The van der Waals surface area contributed by atoms with E-state index in [2.05, 4.69) is 5.43 Å². The maximum atomic E-state index is 13.4. The molecule has 10 heteroatoms. The van der Waals surface area contributed by atoms with E-state index in [0.29, 0.717) is 0 Å². The zero-order valence-corrected chi connectivity index (χ0v) is 24.0. The molecule has 0 saturated heterocycles. The average molecular weight is 557 g/mol. The van der Waals surface area contributed by atoms with Gasteiger partial charge in [-0.2, -0.15) is 0 Å². The van der Waals surface area contributed by atoms with Crippen LogP contribution in [0.2, 0.25) is 0 Å². The van der Waals surface area contributed by atoms with Gasteiger partial charge in [0, 0.05) is 6.42 Å². The van der Waals surface area contributed by atoms with Gasteiger partial charge in [-0.3, -0.25) is 9.59 Å². The van der Waals surface area contributed by atoms with Crippen LogP contribution < -0.4 is 5.43 Å². The summed E-state index contributed by atoms with van der Waals surface area (Å²) < 4.78 is 16.3. The number of carbonyl (C=O) groups excluding carboxylic acids is 3. The third-order valence-electron chi connectivity index (χ3n) is 5.59. The number of rotatable bonds is 12. The molecule has 0 aromatic heterocycles. The minimum absolute atomic E-state index is 0.0377. The van der Waals surface area contributed by atoms with Crippen LogP contribution in [-0.4, -0.2) is 51.8 Å². The molecule has 1 amide bonds. The molecule has 2 atom stereocenters. The highest BCUT2D eigenvalue weighted by Crippen LogP contribution is 2.27. The van der Waals surface area contributed by atoms with Gasteiger partial charge in [-0.1, -0.05) is 81.4 Å². The molecule has 2 N–H and O–H groups in total. The Labute approximate surface area is 235 Å². The quantitative estimate of drug-likeness (QED) is 0.214. The van der Waals surface area contributed by atoms with E-state index in [1.807, 2.05) is 24.3 Å². The summed E-state index contributed by atoms with van der Waals surface area (Å²) in [4.78, 5) is 51.2. The van der Waals surface area contributed by atoms with Gasteiger partial charge in [0.2, 0.25) is 0 Å². The number of carbonyl (C=O) groups is 4. The van der Waals surface area contributed by atoms with Crippen LogP contribution in [0.25, 0.3) is 0 Å². The van der Waals surface area contributed by atoms with E-state index in [0.717, 1.165) is 16.1 Å².